The van der Waals surface area contributed by atoms with Gasteiger partial charge >= 0.3 is 0 Å². The second-order valence-corrected chi connectivity index (χ2v) is 6.62. The van der Waals surface area contributed by atoms with Gasteiger partial charge < -0.3 is 4.90 Å². The highest BCUT2D eigenvalue weighted by atomic mass is 79.9. The Kier molecular flexibility index (Phi) is 4.03. The molecule has 0 aliphatic rings. The number of rotatable bonds is 3. The highest BCUT2D eigenvalue weighted by Gasteiger charge is 2.08. The van der Waals surface area contributed by atoms with Gasteiger partial charge in [-0.15, -0.1) is 11.3 Å². The van der Waals surface area contributed by atoms with Gasteiger partial charge in [0.2, 0.25) is 0 Å². The van der Waals surface area contributed by atoms with Crippen LogP contribution in [0.5, 0.6) is 0 Å². The molecule has 0 bridgehead atoms. The summed E-state index contributed by atoms with van der Waals surface area (Å²) in [7, 11) is 3.97. The predicted molar refractivity (Wildman–Crippen MR) is 92.8 cm³/mol. The third-order valence-corrected chi connectivity index (χ3v) is 4.51. The van der Waals surface area contributed by atoms with Crippen molar-refractivity contribution in [1.82, 2.24) is 9.97 Å². The van der Waals surface area contributed by atoms with Gasteiger partial charge in [0.15, 0.2) is 0 Å². The number of nitrogens with zero attached hydrogens (tertiary/aromatic N) is 3. The van der Waals surface area contributed by atoms with Crippen LogP contribution in [-0.4, -0.2) is 24.1 Å². The van der Waals surface area contributed by atoms with Crippen molar-refractivity contribution in [3.8, 4) is 21.8 Å². The minimum absolute atomic E-state index is 0.938. The summed E-state index contributed by atoms with van der Waals surface area (Å²) in [5, 5.41) is 3.10. The van der Waals surface area contributed by atoms with E-state index in [1.165, 1.54) is 0 Å². The number of thiazole rings is 1. The largest absolute Gasteiger partial charge is 0.363 e. The van der Waals surface area contributed by atoms with Crippen LogP contribution in [0.25, 0.3) is 21.8 Å². The molecule has 0 aliphatic carbocycles. The lowest BCUT2D eigenvalue weighted by Crippen LogP contribution is -2.10. The average molecular weight is 360 g/mol. The average Bonchev–Trinajstić information content (AvgIpc) is 2.98. The number of benzene rings is 1. The standard InChI is InChI=1S/C16H14BrN3S/c1-20(2)15-9-12(7-8-18-15)16-19-14(10-21-16)11-3-5-13(17)6-4-11/h3-10H,1-2H3. The minimum atomic E-state index is 0.938. The van der Waals surface area contributed by atoms with E-state index in [2.05, 4.69) is 44.5 Å². The van der Waals surface area contributed by atoms with Crippen molar-refractivity contribution in [3.05, 3.63) is 52.4 Å². The van der Waals surface area contributed by atoms with E-state index in [-0.39, 0.29) is 0 Å². The zero-order valence-electron chi connectivity index (χ0n) is 11.7. The van der Waals surface area contributed by atoms with Crippen LogP contribution in [0.4, 0.5) is 5.82 Å². The van der Waals surface area contributed by atoms with Crippen molar-refractivity contribution in [1.29, 1.82) is 0 Å². The van der Waals surface area contributed by atoms with E-state index in [4.69, 9.17) is 4.98 Å². The molecule has 0 aliphatic heterocycles. The quantitative estimate of drug-likeness (QED) is 0.678. The van der Waals surface area contributed by atoms with Gasteiger partial charge in [0.05, 0.1) is 5.69 Å². The van der Waals surface area contributed by atoms with Gasteiger partial charge in [0, 0.05) is 41.3 Å². The SMILES string of the molecule is CN(C)c1cc(-c2nc(-c3ccc(Br)cc3)cs2)ccn1. The molecule has 0 atom stereocenters. The molecule has 5 heteroatoms. The molecule has 0 saturated carbocycles. The van der Waals surface area contributed by atoms with Gasteiger partial charge in [-0.1, -0.05) is 28.1 Å². The molecule has 106 valence electrons. The van der Waals surface area contributed by atoms with Gasteiger partial charge in [-0.2, -0.15) is 0 Å². The van der Waals surface area contributed by atoms with E-state index in [1.807, 2.05) is 43.4 Å². The van der Waals surface area contributed by atoms with Gasteiger partial charge in [0.25, 0.3) is 0 Å². The van der Waals surface area contributed by atoms with Crippen LogP contribution < -0.4 is 4.90 Å². The molecule has 0 saturated heterocycles. The maximum Gasteiger partial charge on any atom is 0.128 e. The number of aromatic nitrogens is 2. The molecule has 2 heterocycles. The molecule has 21 heavy (non-hydrogen) atoms. The molecular weight excluding hydrogens is 346 g/mol. The van der Waals surface area contributed by atoms with Crippen molar-refractivity contribution in [3.63, 3.8) is 0 Å². The van der Waals surface area contributed by atoms with Crippen molar-refractivity contribution >= 4 is 33.1 Å². The van der Waals surface area contributed by atoms with Crippen molar-refractivity contribution < 1.29 is 0 Å². The summed E-state index contributed by atoms with van der Waals surface area (Å²) in [5.41, 5.74) is 3.23. The summed E-state index contributed by atoms with van der Waals surface area (Å²) in [6.07, 6.45) is 1.82. The van der Waals surface area contributed by atoms with Crippen LogP contribution in [0.1, 0.15) is 0 Å². The highest BCUT2D eigenvalue weighted by molar-refractivity contribution is 9.10. The molecule has 2 aromatic heterocycles. The summed E-state index contributed by atoms with van der Waals surface area (Å²) in [6.45, 7) is 0. The molecule has 3 nitrogen and oxygen atoms in total. The van der Waals surface area contributed by atoms with Gasteiger partial charge in [-0.05, 0) is 24.3 Å². The highest BCUT2D eigenvalue weighted by Crippen LogP contribution is 2.30. The first-order valence-corrected chi connectivity index (χ1v) is 8.16. The number of anilines is 1. The molecule has 1 aromatic carbocycles. The first-order valence-electron chi connectivity index (χ1n) is 6.49. The molecule has 3 aromatic rings. The van der Waals surface area contributed by atoms with Crippen LogP contribution in [0, 0.1) is 0 Å². The smallest absolute Gasteiger partial charge is 0.128 e. The Bertz CT molecular complexity index is 750. The molecule has 0 radical (unpaired) electrons. The molecule has 0 spiro atoms. The summed E-state index contributed by atoms with van der Waals surface area (Å²) >= 11 is 5.10. The molecule has 0 unspecified atom stereocenters. The van der Waals surface area contributed by atoms with Crippen molar-refractivity contribution in [2.24, 2.45) is 0 Å². The van der Waals surface area contributed by atoms with Gasteiger partial charge in [-0.25, -0.2) is 9.97 Å². The normalized spacial score (nSPS) is 10.6. The second-order valence-electron chi connectivity index (χ2n) is 4.84. The Balaban J connectivity index is 1.94. The number of halogens is 1. The van der Waals surface area contributed by atoms with Gasteiger partial charge in [-0.3, -0.25) is 0 Å². The van der Waals surface area contributed by atoms with Crippen LogP contribution in [0.2, 0.25) is 0 Å². The molecule has 0 N–H and O–H groups in total. The molecule has 0 fully saturated rings. The Hall–Kier alpha value is -1.72. The van der Waals surface area contributed by atoms with E-state index in [1.54, 1.807) is 11.3 Å². The molecule has 0 amide bonds. The van der Waals surface area contributed by atoms with E-state index < -0.39 is 0 Å². The predicted octanol–water partition coefficient (Wildman–Crippen LogP) is 4.70. The molecule has 3 rings (SSSR count). The number of hydrogen-bond acceptors (Lipinski definition) is 4. The van der Waals surface area contributed by atoms with Gasteiger partial charge in [0.1, 0.15) is 10.8 Å². The number of pyridine rings is 1. The topological polar surface area (TPSA) is 29.0 Å². The van der Waals surface area contributed by atoms with E-state index >= 15 is 0 Å². The Labute approximate surface area is 136 Å². The van der Waals surface area contributed by atoms with Crippen LogP contribution in [0.15, 0.2) is 52.4 Å². The molecular formula is C16H14BrN3S. The minimum Gasteiger partial charge on any atom is -0.363 e. The van der Waals surface area contributed by atoms with Crippen molar-refractivity contribution in [2.45, 2.75) is 0 Å². The summed E-state index contributed by atoms with van der Waals surface area (Å²) in [6, 6.07) is 12.3. The third-order valence-electron chi connectivity index (χ3n) is 3.09. The summed E-state index contributed by atoms with van der Waals surface area (Å²) in [4.78, 5) is 11.1. The fourth-order valence-corrected chi connectivity index (χ4v) is 3.05. The van der Waals surface area contributed by atoms with Crippen LogP contribution in [-0.2, 0) is 0 Å². The Morgan fingerprint density at radius 2 is 1.81 bits per heavy atom. The van der Waals surface area contributed by atoms with Crippen molar-refractivity contribution in [2.75, 3.05) is 19.0 Å². The summed E-state index contributed by atoms with van der Waals surface area (Å²) in [5.74, 6) is 0.938. The first kappa shape index (κ1) is 14.2. The van der Waals surface area contributed by atoms with E-state index in [9.17, 15) is 0 Å². The van der Waals surface area contributed by atoms with E-state index in [0.29, 0.717) is 0 Å². The lowest BCUT2D eigenvalue weighted by Gasteiger charge is -2.11. The Morgan fingerprint density at radius 1 is 1.05 bits per heavy atom. The summed E-state index contributed by atoms with van der Waals surface area (Å²) < 4.78 is 1.08. The maximum absolute atomic E-state index is 4.74. The third kappa shape index (κ3) is 3.14. The second kappa shape index (κ2) is 5.95. The first-order chi connectivity index (χ1) is 10.1. The fraction of sp³-hybridized carbons (Fsp3) is 0.125. The van der Waals surface area contributed by atoms with Crippen LogP contribution in [0.3, 0.4) is 0 Å². The zero-order valence-corrected chi connectivity index (χ0v) is 14.1. The lowest BCUT2D eigenvalue weighted by atomic mass is 10.2. The zero-order chi connectivity index (χ0) is 14.8. The maximum atomic E-state index is 4.74. The number of hydrogen-bond donors (Lipinski definition) is 0. The fourth-order valence-electron chi connectivity index (χ4n) is 1.96. The monoisotopic (exact) mass is 359 g/mol. The Morgan fingerprint density at radius 3 is 2.52 bits per heavy atom. The van der Waals surface area contributed by atoms with E-state index in [0.717, 1.165) is 32.1 Å². The lowest BCUT2D eigenvalue weighted by molar-refractivity contribution is 1.07. The van der Waals surface area contributed by atoms with Crippen LogP contribution >= 0.6 is 27.3 Å².